The van der Waals surface area contributed by atoms with Crippen molar-refractivity contribution in [3.05, 3.63) is 255 Å². The van der Waals surface area contributed by atoms with Crippen molar-refractivity contribution in [1.29, 1.82) is 0 Å². The number of aromatic nitrogens is 1. The molecule has 13 rings (SSSR count). The molecular weight excluding hydrogens is 902 g/mol. The van der Waals surface area contributed by atoms with E-state index in [0.29, 0.717) is 0 Å². The molecule has 0 radical (unpaired) electrons. The summed E-state index contributed by atoms with van der Waals surface area (Å²) in [5.74, 6) is 1.40. The number of fused-ring (bicyclic) bond motifs is 12. The van der Waals surface area contributed by atoms with E-state index in [9.17, 15) is 10.2 Å². The Bertz CT molecular complexity index is 3940. The van der Waals surface area contributed by atoms with Gasteiger partial charge in [-0.1, -0.05) is 169 Å². The van der Waals surface area contributed by atoms with Gasteiger partial charge in [0, 0.05) is 12.4 Å². The third-order valence-corrected chi connectivity index (χ3v) is 13.4. The van der Waals surface area contributed by atoms with Gasteiger partial charge in [0.2, 0.25) is 0 Å². The molecule has 0 bridgehead atoms. The summed E-state index contributed by atoms with van der Waals surface area (Å²) in [5.41, 5.74) is 10.2. The standard InChI is InChI=1S/C32H24O.C30H20O2.C5H5N.ClH/c1-21-7-5-8-22(17-21)24-13-15-29-27-11-3-4-12-28(27)30-16-14-25(20-32(30)31(29)19-24)23-9-6-10-26(18-23)33-2;31-23-7-3-5-19(15-23)21-11-13-27-25-9-1-2-10-26(25)28-14-12-22(18-30(28)29(27)17-21)20-6-4-8-24(32)16-20;1-2-4-6-5-3-1;/h3-20H,1-2H3;1-18,31-32H;1-5H;1H. The van der Waals surface area contributed by atoms with Crippen LogP contribution in [0.4, 0.5) is 0 Å². The summed E-state index contributed by atoms with van der Waals surface area (Å²) in [6.07, 6.45) is 3.50. The van der Waals surface area contributed by atoms with Crippen LogP contribution in [-0.2, 0) is 0 Å². The van der Waals surface area contributed by atoms with Gasteiger partial charge in [-0.25, -0.2) is 0 Å². The van der Waals surface area contributed by atoms with Gasteiger partial charge in [0.15, 0.2) is 0 Å². The maximum atomic E-state index is 9.97. The highest BCUT2D eigenvalue weighted by molar-refractivity contribution is 6.27. The molecular formula is C67H50ClNO3. The van der Waals surface area contributed by atoms with E-state index in [-0.39, 0.29) is 23.9 Å². The van der Waals surface area contributed by atoms with Crippen molar-refractivity contribution in [3.8, 4) is 61.8 Å². The van der Waals surface area contributed by atoms with Crippen LogP contribution in [0, 0.1) is 6.92 Å². The molecule has 72 heavy (non-hydrogen) atoms. The Morgan fingerprint density at radius 3 is 0.958 bits per heavy atom. The van der Waals surface area contributed by atoms with Crippen LogP contribution in [0.5, 0.6) is 17.2 Å². The summed E-state index contributed by atoms with van der Waals surface area (Å²) in [6.45, 7) is 2.15. The van der Waals surface area contributed by atoms with Crippen LogP contribution >= 0.6 is 12.4 Å². The molecule has 0 amide bonds. The van der Waals surface area contributed by atoms with E-state index in [2.05, 4.69) is 170 Å². The number of hydrogen-bond donors (Lipinski definition) is 2. The van der Waals surface area contributed by atoms with E-state index in [1.165, 1.54) is 86.9 Å². The molecule has 13 aromatic rings. The van der Waals surface area contributed by atoms with Crippen molar-refractivity contribution in [2.45, 2.75) is 6.92 Å². The fourth-order valence-corrected chi connectivity index (χ4v) is 9.94. The molecule has 0 fully saturated rings. The fourth-order valence-electron chi connectivity index (χ4n) is 9.94. The second kappa shape index (κ2) is 20.6. The van der Waals surface area contributed by atoms with Gasteiger partial charge in [0.1, 0.15) is 17.2 Å². The van der Waals surface area contributed by atoms with E-state index in [0.717, 1.165) is 33.6 Å². The Morgan fingerprint density at radius 2 is 0.625 bits per heavy atom. The third kappa shape index (κ3) is 9.39. The lowest BCUT2D eigenvalue weighted by molar-refractivity contribution is 0.415. The minimum Gasteiger partial charge on any atom is -0.508 e. The number of phenols is 2. The van der Waals surface area contributed by atoms with Crippen LogP contribution in [-0.4, -0.2) is 22.3 Å². The number of phenolic OH excluding ortho intramolecular Hbond substituents is 2. The van der Waals surface area contributed by atoms with E-state index in [1.54, 1.807) is 43.8 Å². The Hall–Kier alpha value is -8.96. The van der Waals surface area contributed by atoms with Crippen molar-refractivity contribution >= 4 is 77.0 Å². The number of pyridine rings is 1. The largest absolute Gasteiger partial charge is 0.508 e. The lowest BCUT2D eigenvalue weighted by Gasteiger charge is -2.14. The number of nitrogens with zero attached hydrogens (tertiary/aromatic N) is 1. The van der Waals surface area contributed by atoms with E-state index in [4.69, 9.17) is 4.74 Å². The molecule has 1 aromatic heterocycles. The SMILES string of the molecule is COc1cccc(-c2ccc3c4ccccc4c4ccc(-c5cccc(C)c5)cc4c3c2)c1.Cl.Oc1cccc(-c2ccc3c4ccccc4c4ccc(-c5cccc(O)c5)cc4c3c2)c1.c1ccncc1. The molecule has 0 aliphatic rings. The zero-order chi connectivity index (χ0) is 48.3. The lowest BCUT2D eigenvalue weighted by atomic mass is 9.90. The highest BCUT2D eigenvalue weighted by Gasteiger charge is 2.14. The van der Waals surface area contributed by atoms with E-state index < -0.39 is 0 Å². The summed E-state index contributed by atoms with van der Waals surface area (Å²) in [5, 5.41) is 34.8. The fraction of sp³-hybridized carbons (Fsp3) is 0.0299. The first kappa shape index (κ1) is 46.8. The van der Waals surface area contributed by atoms with Gasteiger partial charge in [-0.05, 0) is 189 Å². The number of rotatable bonds is 5. The van der Waals surface area contributed by atoms with Crippen LogP contribution in [0.3, 0.4) is 0 Å². The minimum absolute atomic E-state index is 0. The second-order valence-corrected chi connectivity index (χ2v) is 17.9. The number of ether oxygens (including phenoxy) is 1. The van der Waals surface area contributed by atoms with Gasteiger partial charge in [-0.2, -0.15) is 0 Å². The molecule has 0 atom stereocenters. The molecule has 0 spiro atoms. The van der Waals surface area contributed by atoms with Crippen LogP contribution < -0.4 is 4.74 Å². The molecule has 2 N–H and O–H groups in total. The Kier molecular flexibility index (Phi) is 13.3. The maximum Gasteiger partial charge on any atom is 0.119 e. The Balaban J connectivity index is 0.000000147. The first-order valence-corrected chi connectivity index (χ1v) is 23.8. The zero-order valence-corrected chi connectivity index (χ0v) is 40.6. The molecule has 4 nitrogen and oxygen atoms in total. The summed E-state index contributed by atoms with van der Waals surface area (Å²) >= 11 is 0. The molecule has 0 unspecified atom stereocenters. The third-order valence-electron chi connectivity index (χ3n) is 13.4. The van der Waals surface area contributed by atoms with Crippen molar-refractivity contribution < 1.29 is 14.9 Å². The summed E-state index contributed by atoms with van der Waals surface area (Å²) in [4.78, 5) is 3.78. The van der Waals surface area contributed by atoms with Gasteiger partial charge >= 0.3 is 0 Å². The van der Waals surface area contributed by atoms with Crippen LogP contribution in [0.2, 0.25) is 0 Å². The highest BCUT2D eigenvalue weighted by atomic mass is 35.5. The average molecular weight is 953 g/mol. The number of hydrogen-bond acceptors (Lipinski definition) is 4. The Labute approximate surface area is 425 Å². The van der Waals surface area contributed by atoms with Gasteiger partial charge in [0.25, 0.3) is 0 Å². The quantitative estimate of drug-likeness (QED) is 0.169. The maximum absolute atomic E-state index is 9.97. The predicted octanol–water partition coefficient (Wildman–Crippen LogP) is 18.2. The number of benzene rings is 12. The highest BCUT2D eigenvalue weighted by Crippen LogP contribution is 2.41. The summed E-state index contributed by atoms with van der Waals surface area (Å²) in [7, 11) is 1.71. The minimum atomic E-state index is 0. The van der Waals surface area contributed by atoms with Gasteiger partial charge in [-0.3, -0.25) is 4.98 Å². The van der Waals surface area contributed by atoms with Gasteiger partial charge in [-0.15, -0.1) is 12.4 Å². The zero-order valence-electron chi connectivity index (χ0n) is 39.8. The molecule has 12 aromatic carbocycles. The van der Waals surface area contributed by atoms with Gasteiger partial charge in [0.05, 0.1) is 7.11 Å². The van der Waals surface area contributed by atoms with Crippen molar-refractivity contribution in [3.63, 3.8) is 0 Å². The van der Waals surface area contributed by atoms with Crippen LogP contribution in [0.1, 0.15) is 5.56 Å². The Morgan fingerprint density at radius 1 is 0.292 bits per heavy atom. The molecule has 0 saturated carbocycles. The number of halogens is 1. The first-order valence-electron chi connectivity index (χ1n) is 23.8. The molecule has 348 valence electrons. The molecule has 1 heterocycles. The van der Waals surface area contributed by atoms with Gasteiger partial charge < -0.3 is 14.9 Å². The number of aromatic hydroxyl groups is 2. The molecule has 0 saturated heterocycles. The molecule has 5 heteroatoms. The topological polar surface area (TPSA) is 62.6 Å². The van der Waals surface area contributed by atoms with E-state index in [1.807, 2.05) is 54.6 Å². The average Bonchev–Trinajstić information content (AvgIpc) is 3.43. The van der Waals surface area contributed by atoms with E-state index >= 15 is 0 Å². The van der Waals surface area contributed by atoms with Crippen LogP contribution in [0.25, 0.3) is 109 Å². The lowest BCUT2D eigenvalue weighted by Crippen LogP contribution is -1.87. The predicted molar refractivity (Wildman–Crippen MR) is 306 cm³/mol. The van der Waals surface area contributed by atoms with Crippen molar-refractivity contribution in [2.75, 3.05) is 7.11 Å². The number of aryl methyl sites for hydroxylation is 1. The summed E-state index contributed by atoms with van der Waals surface area (Å²) < 4.78 is 5.47. The normalized spacial score (nSPS) is 10.9. The van der Waals surface area contributed by atoms with Crippen molar-refractivity contribution in [1.82, 2.24) is 4.98 Å². The van der Waals surface area contributed by atoms with Crippen LogP contribution in [0.15, 0.2) is 249 Å². The second-order valence-electron chi connectivity index (χ2n) is 17.9. The smallest absolute Gasteiger partial charge is 0.119 e. The molecule has 0 aliphatic heterocycles. The molecule has 0 aliphatic carbocycles. The number of methoxy groups -OCH3 is 1. The summed E-state index contributed by atoms with van der Waals surface area (Å²) in [6, 6.07) is 81.4. The monoisotopic (exact) mass is 951 g/mol. The van der Waals surface area contributed by atoms with Crippen molar-refractivity contribution in [2.24, 2.45) is 0 Å². The first-order chi connectivity index (χ1) is 34.9.